The van der Waals surface area contributed by atoms with E-state index in [1.54, 1.807) is 0 Å². The highest BCUT2D eigenvalue weighted by atomic mass is 19.1. The molecule has 1 aliphatic rings. The molecule has 0 aliphatic carbocycles. The van der Waals surface area contributed by atoms with E-state index in [9.17, 15) is 23.7 Å². The van der Waals surface area contributed by atoms with Crippen molar-refractivity contribution in [1.82, 2.24) is 4.90 Å². The summed E-state index contributed by atoms with van der Waals surface area (Å²) in [4.78, 5) is 23.6. The number of halogens is 2. The predicted molar refractivity (Wildman–Crippen MR) is 78.3 cm³/mol. The number of likely N-dealkylation sites (tertiary alicyclic amines) is 1. The van der Waals surface area contributed by atoms with E-state index >= 15 is 0 Å². The van der Waals surface area contributed by atoms with Gasteiger partial charge in [0.25, 0.3) is 5.91 Å². The van der Waals surface area contributed by atoms with Gasteiger partial charge in [-0.2, -0.15) is 4.39 Å². The van der Waals surface area contributed by atoms with E-state index in [0.717, 1.165) is 6.07 Å². The number of amides is 1. The van der Waals surface area contributed by atoms with Gasteiger partial charge in [0.1, 0.15) is 11.4 Å². The van der Waals surface area contributed by atoms with Gasteiger partial charge >= 0.3 is 5.69 Å². The van der Waals surface area contributed by atoms with Crippen molar-refractivity contribution in [2.75, 3.05) is 26.3 Å². The van der Waals surface area contributed by atoms with Gasteiger partial charge in [0.2, 0.25) is 5.82 Å². The summed E-state index contributed by atoms with van der Waals surface area (Å²) in [7, 11) is 0. The molecule has 23 heavy (non-hydrogen) atoms. The number of hydrogen-bond donors (Lipinski definition) is 0. The Morgan fingerprint density at radius 3 is 2.78 bits per heavy atom. The molecule has 0 unspecified atom stereocenters. The molecule has 1 saturated heterocycles. The highest BCUT2D eigenvalue weighted by Crippen LogP contribution is 2.29. The van der Waals surface area contributed by atoms with Gasteiger partial charge in [-0.3, -0.25) is 14.9 Å². The van der Waals surface area contributed by atoms with Crippen molar-refractivity contribution in [3.63, 3.8) is 0 Å². The maximum Gasteiger partial charge on any atom is 0.306 e. The van der Waals surface area contributed by atoms with Gasteiger partial charge < -0.3 is 9.64 Å². The van der Waals surface area contributed by atoms with Gasteiger partial charge in [0.15, 0.2) is 0 Å². The van der Waals surface area contributed by atoms with Crippen LogP contribution in [0.15, 0.2) is 6.07 Å². The average Bonchev–Trinajstić information content (AvgIpc) is 2.97. The molecule has 8 heteroatoms. The number of ether oxygens (including phenoxy) is 1. The Kier molecular flexibility index (Phi) is 5.25. The molecule has 1 aliphatic heterocycles. The van der Waals surface area contributed by atoms with E-state index in [2.05, 4.69) is 0 Å². The molecule has 1 aromatic carbocycles. The number of nitrogens with zero attached hydrogens (tertiary/aromatic N) is 2. The molecule has 1 amide bonds. The van der Waals surface area contributed by atoms with Gasteiger partial charge in [-0.1, -0.05) is 0 Å². The van der Waals surface area contributed by atoms with Crippen molar-refractivity contribution in [3.8, 4) is 0 Å². The molecule has 2 rings (SSSR count). The molecule has 1 fully saturated rings. The molecule has 0 spiro atoms. The second kappa shape index (κ2) is 6.99. The fraction of sp³-hybridized carbons (Fsp3) is 0.533. The summed E-state index contributed by atoms with van der Waals surface area (Å²) in [5, 5.41) is 10.9. The third-order valence-corrected chi connectivity index (χ3v) is 3.90. The Morgan fingerprint density at radius 1 is 1.48 bits per heavy atom. The Morgan fingerprint density at radius 2 is 2.17 bits per heavy atom. The van der Waals surface area contributed by atoms with Gasteiger partial charge in [-0.15, -0.1) is 0 Å². The first-order valence-corrected chi connectivity index (χ1v) is 7.36. The molecule has 0 radical (unpaired) electrons. The van der Waals surface area contributed by atoms with Crippen LogP contribution in [-0.4, -0.2) is 42.0 Å². The lowest BCUT2D eigenvalue weighted by molar-refractivity contribution is -0.387. The van der Waals surface area contributed by atoms with Gasteiger partial charge in [-0.25, -0.2) is 4.39 Å². The third-order valence-electron chi connectivity index (χ3n) is 3.90. The number of benzene rings is 1. The third kappa shape index (κ3) is 3.47. The zero-order chi connectivity index (χ0) is 17.1. The molecule has 0 saturated carbocycles. The van der Waals surface area contributed by atoms with Crippen LogP contribution < -0.4 is 0 Å². The van der Waals surface area contributed by atoms with Crippen molar-refractivity contribution in [2.24, 2.45) is 5.92 Å². The van der Waals surface area contributed by atoms with Crippen molar-refractivity contribution < 1.29 is 23.2 Å². The van der Waals surface area contributed by atoms with Crippen LogP contribution in [0.2, 0.25) is 0 Å². The van der Waals surface area contributed by atoms with Crippen LogP contribution in [0.3, 0.4) is 0 Å². The Labute approximate surface area is 132 Å². The molecular weight excluding hydrogens is 310 g/mol. The number of carbonyl (C=O) groups is 1. The number of aryl methyl sites for hydroxylation is 1. The quantitative estimate of drug-likeness (QED) is 0.615. The highest BCUT2D eigenvalue weighted by molar-refractivity contribution is 5.96. The highest BCUT2D eigenvalue weighted by Gasteiger charge is 2.34. The van der Waals surface area contributed by atoms with Gasteiger partial charge in [-0.05, 0) is 25.8 Å². The summed E-state index contributed by atoms with van der Waals surface area (Å²) in [6.45, 7) is 4.81. The summed E-state index contributed by atoms with van der Waals surface area (Å²) in [5.74, 6) is -3.22. The second-order valence-electron chi connectivity index (χ2n) is 5.54. The minimum atomic E-state index is -1.42. The smallest absolute Gasteiger partial charge is 0.306 e. The molecule has 6 nitrogen and oxygen atoms in total. The number of nitro groups is 1. The first kappa shape index (κ1) is 17.3. The standard InChI is InChI=1S/C15H18F2N2O4/c1-3-23-8-10-4-5-18(7-10)15(20)12-13(16)9(2)6-11(14(12)17)19(21)22/h6,10H,3-5,7-8H2,1-2H3/t10-/m0/s1. The summed E-state index contributed by atoms with van der Waals surface area (Å²) >= 11 is 0. The molecule has 126 valence electrons. The monoisotopic (exact) mass is 328 g/mol. The van der Waals surface area contributed by atoms with Crippen LogP contribution in [0.4, 0.5) is 14.5 Å². The molecule has 0 bridgehead atoms. The van der Waals surface area contributed by atoms with E-state index in [1.165, 1.54) is 11.8 Å². The number of rotatable bonds is 5. The van der Waals surface area contributed by atoms with Crippen LogP contribution in [-0.2, 0) is 4.74 Å². The Hall–Kier alpha value is -2.09. The molecule has 1 heterocycles. The summed E-state index contributed by atoms with van der Waals surface area (Å²) in [6, 6.07) is 0.795. The van der Waals surface area contributed by atoms with Crippen LogP contribution in [0, 0.1) is 34.6 Å². The zero-order valence-electron chi connectivity index (χ0n) is 13.0. The van der Waals surface area contributed by atoms with Gasteiger partial charge in [0, 0.05) is 31.7 Å². The molecule has 0 N–H and O–H groups in total. The normalized spacial score (nSPS) is 17.6. The predicted octanol–water partition coefficient (Wildman–Crippen LogP) is 2.68. The lowest BCUT2D eigenvalue weighted by atomic mass is 10.1. The summed E-state index contributed by atoms with van der Waals surface area (Å²) < 4.78 is 33.7. The minimum absolute atomic E-state index is 0.102. The average molecular weight is 328 g/mol. The van der Waals surface area contributed by atoms with Crippen LogP contribution in [0.25, 0.3) is 0 Å². The Balaban J connectivity index is 2.28. The first-order chi connectivity index (χ1) is 10.9. The lowest BCUT2D eigenvalue weighted by Gasteiger charge is -2.18. The SMILES string of the molecule is CCOC[C@H]1CCN(C(=O)c2c(F)c(C)cc([N+](=O)[O-])c2F)C1. The number of hydrogen-bond acceptors (Lipinski definition) is 4. The van der Waals surface area contributed by atoms with E-state index < -0.39 is 33.7 Å². The molecule has 1 aromatic rings. The molecule has 1 atom stereocenters. The first-order valence-electron chi connectivity index (χ1n) is 7.36. The van der Waals surface area contributed by atoms with Crippen LogP contribution in [0.5, 0.6) is 0 Å². The number of carbonyl (C=O) groups excluding carboxylic acids is 1. The number of nitro benzene ring substituents is 1. The second-order valence-corrected chi connectivity index (χ2v) is 5.54. The van der Waals surface area contributed by atoms with Crippen molar-refractivity contribution >= 4 is 11.6 Å². The maximum absolute atomic E-state index is 14.2. The lowest BCUT2D eigenvalue weighted by Crippen LogP contribution is -2.31. The van der Waals surface area contributed by atoms with E-state index in [1.807, 2.05) is 6.92 Å². The largest absolute Gasteiger partial charge is 0.381 e. The summed E-state index contributed by atoms with van der Waals surface area (Å²) in [5.41, 5.74) is -1.88. The molecule has 0 aromatic heterocycles. The van der Waals surface area contributed by atoms with Crippen LogP contribution >= 0.6 is 0 Å². The van der Waals surface area contributed by atoms with Crippen LogP contribution in [0.1, 0.15) is 29.3 Å². The Bertz CT molecular complexity index is 636. The van der Waals surface area contributed by atoms with Gasteiger partial charge in [0.05, 0.1) is 11.5 Å². The molecular formula is C15H18F2N2O4. The van der Waals surface area contributed by atoms with E-state index in [0.29, 0.717) is 32.7 Å². The van der Waals surface area contributed by atoms with Crippen molar-refractivity contribution in [3.05, 3.63) is 38.9 Å². The zero-order valence-corrected chi connectivity index (χ0v) is 13.0. The van der Waals surface area contributed by atoms with Crippen molar-refractivity contribution in [1.29, 1.82) is 0 Å². The summed E-state index contributed by atoms with van der Waals surface area (Å²) in [6.07, 6.45) is 0.670. The fourth-order valence-electron chi connectivity index (χ4n) is 2.67. The van der Waals surface area contributed by atoms with Crippen molar-refractivity contribution in [2.45, 2.75) is 20.3 Å². The minimum Gasteiger partial charge on any atom is -0.381 e. The van der Waals surface area contributed by atoms with E-state index in [4.69, 9.17) is 4.74 Å². The topological polar surface area (TPSA) is 72.7 Å². The fourth-order valence-corrected chi connectivity index (χ4v) is 2.67. The van der Waals surface area contributed by atoms with E-state index in [-0.39, 0.29) is 11.5 Å². The maximum atomic E-state index is 14.2.